The minimum Gasteiger partial charge on any atom is -0.383 e. The van der Waals surface area contributed by atoms with Crippen LogP contribution in [-0.4, -0.2) is 56.5 Å². The Kier molecular flexibility index (Phi) is 4.84. The maximum absolute atomic E-state index is 11.8. The van der Waals surface area contributed by atoms with Gasteiger partial charge in [-0.1, -0.05) is 0 Å². The topological polar surface area (TPSA) is 50.8 Å². The molecule has 0 radical (unpaired) electrons. The van der Waals surface area contributed by atoms with E-state index in [9.17, 15) is 4.79 Å². The van der Waals surface area contributed by atoms with Gasteiger partial charge in [0.05, 0.1) is 31.9 Å². The fourth-order valence-electron chi connectivity index (χ4n) is 1.76. The van der Waals surface area contributed by atoms with E-state index in [1.807, 2.05) is 18.7 Å². The lowest BCUT2D eigenvalue weighted by Crippen LogP contribution is -2.56. The largest absolute Gasteiger partial charge is 0.383 e. The van der Waals surface area contributed by atoms with Crippen molar-refractivity contribution < 1.29 is 14.3 Å². The van der Waals surface area contributed by atoms with Crippen LogP contribution in [0.15, 0.2) is 0 Å². The third-order valence-electron chi connectivity index (χ3n) is 2.48. The number of hydrogen-bond donors (Lipinski definition) is 1. The van der Waals surface area contributed by atoms with Crippen LogP contribution in [0.4, 0.5) is 4.79 Å². The van der Waals surface area contributed by atoms with Gasteiger partial charge in [-0.25, -0.2) is 4.79 Å². The Labute approximate surface area is 90.7 Å². The number of nitrogens with one attached hydrogen (secondary N) is 1. The van der Waals surface area contributed by atoms with Crippen molar-refractivity contribution in [3.8, 4) is 0 Å². The van der Waals surface area contributed by atoms with E-state index in [-0.39, 0.29) is 18.1 Å². The van der Waals surface area contributed by atoms with Crippen molar-refractivity contribution >= 4 is 6.03 Å². The maximum Gasteiger partial charge on any atom is 0.318 e. The Bertz CT molecular complexity index is 201. The summed E-state index contributed by atoms with van der Waals surface area (Å²) in [6.07, 6.45) is 0. The van der Waals surface area contributed by atoms with Crippen LogP contribution in [0.2, 0.25) is 0 Å². The second-order valence-electron chi connectivity index (χ2n) is 3.87. The van der Waals surface area contributed by atoms with E-state index in [0.29, 0.717) is 26.4 Å². The highest BCUT2D eigenvalue weighted by Gasteiger charge is 2.29. The minimum absolute atomic E-state index is 0.0321. The monoisotopic (exact) mass is 216 g/mol. The Morgan fingerprint density at radius 3 is 2.60 bits per heavy atom. The molecule has 5 nitrogen and oxygen atoms in total. The Balaban J connectivity index is 2.41. The van der Waals surface area contributed by atoms with Crippen molar-refractivity contribution in [1.82, 2.24) is 10.2 Å². The van der Waals surface area contributed by atoms with Gasteiger partial charge in [0.2, 0.25) is 0 Å². The number of nitrogens with zero attached hydrogens (tertiary/aromatic N) is 1. The van der Waals surface area contributed by atoms with E-state index in [0.717, 1.165) is 0 Å². The molecule has 2 atom stereocenters. The SMILES string of the molecule is COCCNC(=O)N1C(C)COCC1C. The zero-order chi connectivity index (χ0) is 11.3. The molecular formula is C10H20N2O3. The summed E-state index contributed by atoms with van der Waals surface area (Å²) in [5, 5.41) is 2.82. The van der Waals surface area contributed by atoms with E-state index in [4.69, 9.17) is 9.47 Å². The van der Waals surface area contributed by atoms with Gasteiger partial charge in [-0.15, -0.1) is 0 Å². The number of methoxy groups -OCH3 is 1. The van der Waals surface area contributed by atoms with Crippen molar-refractivity contribution in [3.05, 3.63) is 0 Å². The predicted molar refractivity (Wildman–Crippen MR) is 56.9 cm³/mol. The van der Waals surface area contributed by atoms with Gasteiger partial charge in [0.15, 0.2) is 0 Å². The van der Waals surface area contributed by atoms with Crippen molar-refractivity contribution in [2.24, 2.45) is 0 Å². The average Bonchev–Trinajstić information content (AvgIpc) is 2.18. The zero-order valence-electron chi connectivity index (χ0n) is 9.66. The molecule has 0 saturated carbocycles. The third kappa shape index (κ3) is 3.35. The molecule has 0 bridgehead atoms. The molecular weight excluding hydrogens is 196 g/mol. The first kappa shape index (κ1) is 12.3. The summed E-state index contributed by atoms with van der Waals surface area (Å²) < 4.78 is 10.2. The van der Waals surface area contributed by atoms with E-state index < -0.39 is 0 Å². The van der Waals surface area contributed by atoms with E-state index in [1.54, 1.807) is 7.11 Å². The first-order valence-electron chi connectivity index (χ1n) is 5.29. The van der Waals surface area contributed by atoms with Gasteiger partial charge in [0.1, 0.15) is 0 Å². The normalized spacial score (nSPS) is 26.5. The number of morpholine rings is 1. The maximum atomic E-state index is 11.8. The molecule has 1 saturated heterocycles. The molecule has 2 amide bonds. The van der Waals surface area contributed by atoms with Crippen molar-refractivity contribution in [2.45, 2.75) is 25.9 Å². The van der Waals surface area contributed by atoms with Gasteiger partial charge in [-0.3, -0.25) is 0 Å². The summed E-state index contributed by atoms with van der Waals surface area (Å²) in [5.74, 6) is 0. The number of amides is 2. The van der Waals surface area contributed by atoms with Gasteiger partial charge < -0.3 is 19.7 Å². The highest BCUT2D eigenvalue weighted by molar-refractivity contribution is 5.75. The zero-order valence-corrected chi connectivity index (χ0v) is 9.66. The molecule has 88 valence electrons. The summed E-state index contributed by atoms with van der Waals surface area (Å²) in [6.45, 7) is 6.30. The summed E-state index contributed by atoms with van der Waals surface area (Å²) in [6, 6.07) is 0.239. The molecule has 1 heterocycles. The van der Waals surface area contributed by atoms with Crippen molar-refractivity contribution in [2.75, 3.05) is 33.5 Å². The van der Waals surface area contributed by atoms with Gasteiger partial charge in [0, 0.05) is 13.7 Å². The molecule has 2 unspecified atom stereocenters. The van der Waals surface area contributed by atoms with Crippen LogP contribution in [0.1, 0.15) is 13.8 Å². The summed E-state index contributed by atoms with van der Waals surface area (Å²) >= 11 is 0. The van der Waals surface area contributed by atoms with Crippen LogP contribution in [0.25, 0.3) is 0 Å². The van der Waals surface area contributed by atoms with Crippen LogP contribution < -0.4 is 5.32 Å². The van der Waals surface area contributed by atoms with Gasteiger partial charge >= 0.3 is 6.03 Å². The molecule has 1 N–H and O–H groups in total. The molecule has 1 aliphatic rings. The number of ether oxygens (including phenoxy) is 2. The molecule has 1 rings (SSSR count). The molecule has 15 heavy (non-hydrogen) atoms. The molecule has 0 aromatic rings. The van der Waals surface area contributed by atoms with Crippen molar-refractivity contribution in [3.63, 3.8) is 0 Å². The first-order chi connectivity index (χ1) is 7.16. The summed E-state index contributed by atoms with van der Waals surface area (Å²) in [4.78, 5) is 13.6. The quantitative estimate of drug-likeness (QED) is 0.697. The van der Waals surface area contributed by atoms with Crippen LogP contribution in [0, 0.1) is 0 Å². The number of urea groups is 1. The Hall–Kier alpha value is -0.810. The standard InChI is InChI=1S/C10H20N2O3/c1-8-6-15-7-9(2)12(8)10(13)11-4-5-14-3/h8-9H,4-7H2,1-3H3,(H,11,13). The number of carbonyl (C=O) groups excluding carboxylic acids is 1. The van der Waals surface area contributed by atoms with E-state index >= 15 is 0 Å². The second kappa shape index (κ2) is 5.92. The second-order valence-corrected chi connectivity index (χ2v) is 3.87. The lowest BCUT2D eigenvalue weighted by molar-refractivity contribution is -0.0143. The van der Waals surface area contributed by atoms with E-state index in [2.05, 4.69) is 5.32 Å². The average molecular weight is 216 g/mol. The number of rotatable bonds is 3. The lowest BCUT2D eigenvalue weighted by atomic mass is 10.2. The van der Waals surface area contributed by atoms with E-state index in [1.165, 1.54) is 0 Å². The van der Waals surface area contributed by atoms with Crippen LogP contribution in [0.3, 0.4) is 0 Å². The molecule has 0 aliphatic carbocycles. The van der Waals surface area contributed by atoms with Gasteiger partial charge in [-0.2, -0.15) is 0 Å². The summed E-state index contributed by atoms with van der Waals surface area (Å²) in [7, 11) is 1.62. The highest BCUT2D eigenvalue weighted by Crippen LogP contribution is 2.12. The molecule has 5 heteroatoms. The fraction of sp³-hybridized carbons (Fsp3) is 0.900. The van der Waals surface area contributed by atoms with Crippen LogP contribution >= 0.6 is 0 Å². The van der Waals surface area contributed by atoms with Crippen LogP contribution in [-0.2, 0) is 9.47 Å². The third-order valence-corrected chi connectivity index (χ3v) is 2.48. The van der Waals surface area contributed by atoms with Gasteiger partial charge in [0.25, 0.3) is 0 Å². The molecule has 1 fully saturated rings. The number of hydrogen-bond acceptors (Lipinski definition) is 3. The molecule has 0 spiro atoms. The number of carbonyl (C=O) groups is 1. The smallest absolute Gasteiger partial charge is 0.318 e. The van der Waals surface area contributed by atoms with Gasteiger partial charge in [-0.05, 0) is 13.8 Å². The Morgan fingerprint density at radius 2 is 2.07 bits per heavy atom. The fourth-order valence-corrected chi connectivity index (χ4v) is 1.76. The highest BCUT2D eigenvalue weighted by atomic mass is 16.5. The molecule has 1 aliphatic heterocycles. The lowest BCUT2D eigenvalue weighted by Gasteiger charge is -2.38. The first-order valence-corrected chi connectivity index (χ1v) is 5.29. The Morgan fingerprint density at radius 1 is 1.47 bits per heavy atom. The molecule has 0 aromatic heterocycles. The summed E-state index contributed by atoms with van der Waals surface area (Å²) in [5.41, 5.74) is 0. The minimum atomic E-state index is -0.0321. The molecule has 0 aromatic carbocycles. The van der Waals surface area contributed by atoms with Crippen molar-refractivity contribution in [1.29, 1.82) is 0 Å². The predicted octanol–water partition coefficient (Wildman–Crippen LogP) is 0.452. The van der Waals surface area contributed by atoms with Crippen LogP contribution in [0.5, 0.6) is 0 Å².